The standard InChI is InChI=1S/C23H23ClN4O2/c1-3-15(2)26-20(29)13-28-19-11-7-5-9-17(19)21-22(28)23(30)27(14-25-21)12-16-8-4-6-10-18(16)24/h4-11,14-15H,3,12-13H2,1-2H3,(H,26,29). The van der Waals surface area contributed by atoms with Crippen molar-refractivity contribution in [2.45, 2.75) is 39.4 Å². The van der Waals surface area contributed by atoms with E-state index in [9.17, 15) is 9.59 Å². The zero-order chi connectivity index (χ0) is 21.3. The maximum absolute atomic E-state index is 13.4. The molecule has 4 rings (SSSR count). The fraction of sp³-hybridized carbons (Fsp3) is 0.261. The minimum atomic E-state index is -0.201. The van der Waals surface area contributed by atoms with E-state index in [0.29, 0.717) is 22.6 Å². The molecule has 0 aliphatic heterocycles. The number of rotatable bonds is 6. The molecule has 154 valence electrons. The van der Waals surface area contributed by atoms with E-state index in [1.165, 1.54) is 4.57 Å². The number of carbonyl (C=O) groups is 1. The first-order chi connectivity index (χ1) is 14.5. The summed E-state index contributed by atoms with van der Waals surface area (Å²) in [5, 5.41) is 4.42. The van der Waals surface area contributed by atoms with Crippen molar-refractivity contribution in [3.05, 3.63) is 75.8 Å². The second-order valence-electron chi connectivity index (χ2n) is 7.45. The van der Waals surface area contributed by atoms with Crippen LogP contribution < -0.4 is 10.9 Å². The first kappa shape index (κ1) is 20.2. The van der Waals surface area contributed by atoms with Crippen LogP contribution in [0.15, 0.2) is 59.7 Å². The van der Waals surface area contributed by atoms with Crippen LogP contribution in [0.3, 0.4) is 0 Å². The van der Waals surface area contributed by atoms with Crippen molar-refractivity contribution in [2.24, 2.45) is 0 Å². The van der Waals surface area contributed by atoms with Crippen LogP contribution in [0, 0.1) is 0 Å². The van der Waals surface area contributed by atoms with Crippen LogP contribution >= 0.6 is 11.6 Å². The number of nitrogens with one attached hydrogen (secondary N) is 1. The number of fused-ring (bicyclic) bond motifs is 3. The number of nitrogens with zero attached hydrogens (tertiary/aromatic N) is 3. The lowest BCUT2D eigenvalue weighted by atomic mass is 10.2. The molecule has 1 N–H and O–H groups in total. The predicted molar refractivity (Wildman–Crippen MR) is 120 cm³/mol. The molecule has 0 fully saturated rings. The highest BCUT2D eigenvalue weighted by atomic mass is 35.5. The van der Waals surface area contributed by atoms with Crippen molar-refractivity contribution in [3.8, 4) is 0 Å². The fourth-order valence-corrected chi connectivity index (χ4v) is 3.80. The van der Waals surface area contributed by atoms with E-state index >= 15 is 0 Å². The largest absolute Gasteiger partial charge is 0.352 e. The Balaban J connectivity index is 1.85. The Bertz CT molecular complexity index is 1290. The van der Waals surface area contributed by atoms with Crippen molar-refractivity contribution in [2.75, 3.05) is 0 Å². The Labute approximate surface area is 179 Å². The van der Waals surface area contributed by atoms with Gasteiger partial charge in [-0.1, -0.05) is 54.9 Å². The third-order valence-corrected chi connectivity index (χ3v) is 5.72. The van der Waals surface area contributed by atoms with Gasteiger partial charge in [0.05, 0.1) is 18.4 Å². The quantitative estimate of drug-likeness (QED) is 0.511. The number of hydrogen-bond donors (Lipinski definition) is 1. The third kappa shape index (κ3) is 3.71. The van der Waals surface area contributed by atoms with Gasteiger partial charge >= 0.3 is 0 Å². The summed E-state index contributed by atoms with van der Waals surface area (Å²) in [6.45, 7) is 4.34. The van der Waals surface area contributed by atoms with Gasteiger partial charge in [-0.2, -0.15) is 0 Å². The predicted octanol–water partition coefficient (Wildman–Crippen LogP) is 3.97. The summed E-state index contributed by atoms with van der Waals surface area (Å²) < 4.78 is 3.30. The summed E-state index contributed by atoms with van der Waals surface area (Å²) in [4.78, 5) is 30.6. The highest BCUT2D eigenvalue weighted by Crippen LogP contribution is 2.25. The molecule has 0 aliphatic rings. The van der Waals surface area contributed by atoms with Gasteiger partial charge in [0, 0.05) is 16.5 Å². The molecule has 1 atom stereocenters. The van der Waals surface area contributed by atoms with Crippen molar-refractivity contribution >= 4 is 39.4 Å². The van der Waals surface area contributed by atoms with E-state index in [0.717, 1.165) is 22.9 Å². The monoisotopic (exact) mass is 422 g/mol. The molecule has 0 saturated heterocycles. The molecule has 2 aromatic carbocycles. The SMILES string of the molecule is CCC(C)NC(=O)Cn1c2ccccc2c2ncn(Cc3ccccc3Cl)c(=O)c21. The van der Waals surface area contributed by atoms with Crippen molar-refractivity contribution in [1.29, 1.82) is 0 Å². The Morgan fingerprint density at radius 2 is 1.90 bits per heavy atom. The summed E-state index contributed by atoms with van der Waals surface area (Å²) in [6, 6.07) is 15.1. The van der Waals surface area contributed by atoms with Crippen LogP contribution in [-0.2, 0) is 17.9 Å². The second-order valence-corrected chi connectivity index (χ2v) is 7.85. The number of amides is 1. The zero-order valence-corrected chi connectivity index (χ0v) is 17.7. The highest BCUT2D eigenvalue weighted by molar-refractivity contribution is 6.31. The number of hydrogen-bond acceptors (Lipinski definition) is 3. The molecule has 0 saturated carbocycles. The van der Waals surface area contributed by atoms with E-state index in [2.05, 4.69) is 10.3 Å². The lowest BCUT2D eigenvalue weighted by Gasteiger charge is -2.13. The Morgan fingerprint density at radius 1 is 1.17 bits per heavy atom. The fourth-order valence-electron chi connectivity index (χ4n) is 3.60. The smallest absolute Gasteiger partial charge is 0.278 e. The molecule has 0 bridgehead atoms. The molecule has 1 amide bonds. The van der Waals surface area contributed by atoms with Gasteiger partial charge in [0.25, 0.3) is 5.56 Å². The number of benzene rings is 2. The molecule has 0 aliphatic carbocycles. The van der Waals surface area contributed by atoms with Crippen LogP contribution in [0.25, 0.3) is 21.9 Å². The molecule has 4 aromatic rings. The molecule has 0 spiro atoms. The van der Waals surface area contributed by atoms with E-state index in [4.69, 9.17) is 11.6 Å². The molecule has 6 nitrogen and oxygen atoms in total. The highest BCUT2D eigenvalue weighted by Gasteiger charge is 2.19. The topological polar surface area (TPSA) is 68.9 Å². The summed E-state index contributed by atoms with van der Waals surface area (Å²) in [6.07, 6.45) is 2.38. The Morgan fingerprint density at radius 3 is 2.67 bits per heavy atom. The molecule has 7 heteroatoms. The minimum Gasteiger partial charge on any atom is -0.352 e. The van der Waals surface area contributed by atoms with E-state index in [-0.39, 0.29) is 24.1 Å². The molecule has 1 unspecified atom stereocenters. The van der Waals surface area contributed by atoms with E-state index in [1.54, 1.807) is 17.0 Å². The van der Waals surface area contributed by atoms with Crippen LogP contribution in [-0.4, -0.2) is 26.1 Å². The maximum Gasteiger partial charge on any atom is 0.278 e. The van der Waals surface area contributed by atoms with Gasteiger partial charge in [-0.25, -0.2) is 4.98 Å². The molecular weight excluding hydrogens is 400 g/mol. The number of aromatic nitrogens is 3. The molecule has 0 radical (unpaired) electrons. The average Bonchev–Trinajstić information content (AvgIpc) is 3.05. The van der Waals surface area contributed by atoms with Crippen molar-refractivity contribution in [1.82, 2.24) is 19.4 Å². The van der Waals surface area contributed by atoms with Crippen molar-refractivity contribution < 1.29 is 4.79 Å². The van der Waals surface area contributed by atoms with Gasteiger partial charge in [-0.05, 0) is 31.0 Å². The van der Waals surface area contributed by atoms with Crippen LogP contribution in [0.2, 0.25) is 5.02 Å². The summed E-state index contributed by atoms with van der Waals surface area (Å²) in [5.41, 5.74) is 2.46. The maximum atomic E-state index is 13.4. The zero-order valence-electron chi connectivity index (χ0n) is 16.9. The van der Waals surface area contributed by atoms with Crippen LogP contribution in [0.4, 0.5) is 0 Å². The number of halogens is 1. The van der Waals surface area contributed by atoms with Crippen LogP contribution in [0.1, 0.15) is 25.8 Å². The minimum absolute atomic E-state index is 0.0569. The Hall–Kier alpha value is -3.12. The number of para-hydroxylation sites is 1. The van der Waals surface area contributed by atoms with E-state index < -0.39 is 0 Å². The average molecular weight is 423 g/mol. The molecule has 30 heavy (non-hydrogen) atoms. The first-order valence-electron chi connectivity index (χ1n) is 9.98. The molecule has 2 aromatic heterocycles. The lowest BCUT2D eigenvalue weighted by molar-refractivity contribution is -0.122. The van der Waals surface area contributed by atoms with Crippen molar-refractivity contribution in [3.63, 3.8) is 0 Å². The molecular formula is C23H23ClN4O2. The second kappa shape index (κ2) is 8.32. The van der Waals surface area contributed by atoms with Gasteiger partial charge in [0.2, 0.25) is 5.91 Å². The number of carbonyl (C=O) groups excluding carboxylic acids is 1. The van der Waals surface area contributed by atoms with Crippen LogP contribution in [0.5, 0.6) is 0 Å². The van der Waals surface area contributed by atoms with Gasteiger partial charge in [0.1, 0.15) is 17.6 Å². The van der Waals surface area contributed by atoms with E-state index in [1.807, 2.05) is 56.3 Å². The summed E-state index contributed by atoms with van der Waals surface area (Å²) in [5.74, 6) is -0.132. The summed E-state index contributed by atoms with van der Waals surface area (Å²) >= 11 is 6.28. The van der Waals surface area contributed by atoms with Gasteiger partial charge in [0.15, 0.2) is 0 Å². The lowest BCUT2D eigenvalue weighted by Crippen LogP contribution is -2.35. The third-order valence-electron chi connectivity index (χ3n) is 5.35. The molecule has 2 heterocycles. The van der Waals surface area contributed by atoms with Gasteiger partial charge in [-0.3, -0.25) is 14.2 Å². The van der Waals surface area contributed by atoms with Gasteiger partial charge < -0.3 is 9.88 Å². The van der Waals surface area contributed by atoms with Gasteiger partial charge in [-0.15, -0.1) is 0 Å². The Kier molecular flexibility index (Phi) is 5.59. The normalized spacial score (nSPS) is 12.4. The summed E-state index contributed by atoms with van der Waals surface area (Å²) in [7, 11) is 0. The first-order valence-corrected chi connectivity index (χ1v) is 10.4.